The van der Waals surface area contributed by atoms with Crippen molar-refractivity contribution in [2.45, 2.75) is 26.4 Å². The molecule has 0 aliphatic carbocycles. The minimum absolute atomic E-state index is 0.0475. The smallest absolute Gasteiger partial charge is 0.195 e. The van der Waals surface area contributed by atoms with Gasteiger partial charge in [0.2, 0.25) is 0 Å². The summed E-state index contributed by atoms with van der Waals surface area (Å²) in [7, 11) is 0. The van der Waals surface area contributed by atoms with E-state index in [1.807, 2.05) is 18.2 Å². The maximum Gasteiger partial charge on any atom is 0.195 e. The molecule has 2 rings (SSSR count). The number of aliphatic hydroxyl groups excluding tert-OH is 1. The van der Waals surface area contributed by atoms with E-state index in [9.17, 15) is 0 Å². The van der Waals surface area contributed by atoms with Crippen LogP contribution in [0, 0.1) is 0 Å². The Bertz CT molecular complexity index is 434. The highest BCUT2D eigenvalue weighted by Gasteiger charge is 2.04. The monoisotopic (exact) mass is 191 g/mol. The third-order valence-corrected chi connectivity index (χ3v) is 2.14. The number of hydrogen-bond donors (Lipinski definition) is 1. The van der Waals surface area contributed by atoms with Gasteiger partial charge in [-0.3, -0.25) is 0 Å². The third-order valence-electron chi connectivity index (χ3n) is 2.14. The van der Waals surface area contributed by atoms with E-state index in [-0.39, 0.29) is 6.61 Å². The van der Waals surface area contributed by atoms with Crippen molar-refractivity contribution in [3.63, 3.8) is 0 Å². The molecule has 0 atom stereocenters. The Labute approximate surface area is 82.4 Å². The van der Waals surface area contributed by atoms with Crippen LogP contribution < -0.4 is 0 Å². The molecule has 0 amide bonds. The molecule has 0 fully saturated rings. The molecule has 0 saturated carbocycles. The number of hydrogen-bond acceptors (Lipinski definition) is 3. The summed E-state index contributed by atoms with van der Waals surface area (Å²) in [5, 5.41) is 8.95. The topological polar surface area (TPSA) is 46.3 Å². The van der Waals surface area contributed by atoms with E-state index < -0.39 is 0 Å². The Hall–Kier alpha value is -1.35. The molecule has 2 aromatic rings. The van der Waals surface area contributed by atoms with Gasteiger partial charge in [-0.1, -0.05) is 13.0 Å². The molecule has 0 aliphatic heterocycles. The molecule has 1 heterocycles. The van der Waals surface area contributed by atoms with Crippen LogP contribution in [0.5, 0.6) is 0 Å². The van der Waals surface area contributed by atoms with Gasteiger partial charge < -0.3 is 9.52 Å². The SMILES string of the molecule is CCCc1nc2cc(CO)ccc2o1. The number of benzene rings is 1. The second-order valence-electron chi connectivity index (χ2n) is 3.32. The molecule has 1 N–H and O–H groups in total. The number of rotatable bonds is 3. The number of aryl methyl sites for hydroxylation is 1. The lowest BCUT2D eigenvalue weighted by Gasteiger charge is -1.92. The summed E-state index contributed by atoms with van der Waals surface area (Å²) in [6, 6.07) is 5.56. The van der Waals surface area contributed by atoms with Crippen LogP contribution in [-0.2, 0) is 13.0 Å². The van der Waals surface area contributed by atoms with Crippen molar-refractivity contribution in [2.75, 3.05) is 0 Å². The molecule has 0 radical (unpaired) electrons. The quantitative estimate of drug-likeness (QED) is 0.809. The zero-order chi connectivity index (χ0) is 9.97. The van der Waals surface area contributed by atoms with E-state index >= 15 is 0 Å². The maximum atomic E-state index is 8.95. The van der Waals surface area contributed by atoms with Crippen LogP contribution in [0.2, 0.25) is 0 Å². The van der Waals surface area contributed by atoms with Gasteiger partial charge in [0.15, 0.2) is 11.5 Å². The van der Waals surface area contributed by atoms with Crippen LogP contribution in [0.25, 0.3) is 11.1 Å². The van der Waals surface area contributed by atoms with Crippen LogP contribution in [0.4, 0.5) is 0 Å². The normalized spacial score (nSPS) is 11.0. The van der Waals surface area contributed by atoms with Gasteiger partial charge in [-0.2, -0.15) is 0 Å². The lowest BCUT2D eigenvalue weighted by Crippen LogP contribution is -1.82. The molecule has 74 valence electrons. The van der Waals surface area contributed by atoms with Crippen molar-refractivity contribution in [1.82, 2.24) is 4.98 Å². The zero-order valence-electron chi connectivity index (χ0n) is 8.16. The summed E-state index contributed by atoms with van der Waals surface area (Å²) >= 11 is 0. The summed E-state index contributed by atoms with van der Waals surface area (Å²) in [6.45, 7) is 2.14. The number of fused-ring (bicyclic) bond motifs is 1. The van der Waals surface area contributed by atoms with Gasteiger partial charge in [0.1, 0.15) is 5.52 Å². The van der Waals surface area contributed by atoms with Crippen molar-refractivity contribution < 1.29 is 9.52 Å². The molecular formula is C11H13NO2. The minimum atomic E-state index is 0.0475. The zero-order valence-corrected chi connectivity index (χ0v) is 8.16. The van der Waals surface area contributed by atoms with Gasteiger partial charge >= 0.3 is 0 Å². The fraction of sp³-hybridized carbons (Fsp3) is 0.364. The summed E-state index contributed by atoms with van der Waals surface area (Å²) in [5.74, 6) is 0.776. The van der Waals surface area contributed by atoms with E-state index in [0.717, 1.165) is 35.4 Å². The number of nitrogens with zero attached hydrogens (tertiary/aromatic N) is 1. The van der Waals surface area contributed by atoms with Crippen molar-refractivity contribution in [1.29, 1.82) is 0 Å². The highest BCUT2D eigenvalue weighted by molar-refractivity contribution is 5.73. The Kier molecular flexibility index (Phi) is 2.50. The second kappa shape index (κ2) is 3.80. The Balaban J connectivity index is 2.43. The fourth-order valence-corrected chi connectivity index (χ4v) is 1.44. The average molecular weight is 191 g/mol. The van der Waals surface area contributed by atoms with Crippen molar-refractivity contribution >= 4 is 11.1 Å². The number of oxazole rings is 1. The first-order valence-corrected chi connectivity index (χ1v) is 4.82. The molecule has 0 unspecified atom stereocenters. The third kappa shape index (κ3) is 1.63. The molecule has 1 aromatic carbocycles. The van der Waals surface area contributed by atoms with Crippen LogP contribution in [0.15, 0.2) is 22.6 Å². The summed E-state index contributed by atoms with van der Waals surface area (Å²) < 4.78 is 5.52. The first kappa shape index (κ1) is 9.21. The summed E-state index contributed by atoms with van der Waals surface area (Å²) in [4.78, 5) is 4.33. The predicted octanol–water partition coefficient (Wildman–Crippen LogP) is 2.27. The van der Waals surface area contributed by atoms with Crippen LogP contribution in [-0.4, -0.2) is 10.1 Å². The molecule has 0 saturated heterocycles. The Morgan fingerprint density at radius 3 is 3.00 bits per heavy atom. The lowest BCUT2D eigenvalue weighted by molar-refractivity contribution is 0.282. The largest absolute Gasteiger partial charge is 0.441 e. The van der Waals surface area contributed by atoms with Crippen LogP contribution >= 0.6 is 0 Å². The van der Waals surface area contributed by atoms with Crippen molar-refractivity contribution in [3.05, 3.63) is 29.7 Å². The van der Waals surface area contributed by atoms with E-state index in [1.54, 1.807) is 0 Å². The average Bonchev–Trinajstić information content (AvgIpc) is 2.59. The molecule has 0 aliphatic rings. The van der Waals surface area contributed by atoms with Crippen molar-refractivity contribution in [2.24, 2.45) is 0 Å². The second-order valence-corrected chi connectivity index (χ2v) is 3.32. The highest BCUT2D eigenvalue weighted by Crippen LogP contribution is 2.17. The molecule has 1 aromatic heterocycles. The fourth-order valence-electron chi connectivity index (χ4n) is 1.44. The van der Waals surface area contributed by atoms with Crippen LogP contribution in [0.3, 0.4) is 0 Å². The van der Waals surface area contributed by atoms with Gasteiger partial charge in [0.25, 0.3) is 0 Å². The first-order valence-electron chi connectivity index (χ1n) is 4.82. The summed E-state index contributed by atoms with van der Waals surface area (Å²) in [5.41, 5.74) is 2.50. The number of aliphatic hydroxyl groups is 1. The maximum absolute atomic E-state index is 8.95. The van der Waals surface area contributed by atoms with Gasteiger partial charge in [-0.05, 0) is 24.1 Å². The molecule has 14 heavy (non-hydrogen) atoms. The first-order chi connectivity index (χ1) is 6.83. The van der Waals surface area contributed by atoms with Gasteiger partial charge in [0.05, 0.1) is 6.61 Å². The highest BCUT2D eigenvalue weighted by atomic mass is 16.3. The van der Waals surface area contributed by atoms with Crippen LogP contribution in [0.1, 0.15) is 24.8 Å². The summed E-state index contributed by atoms with van der Waals surface area (Å²) in [6.07, 6.45) is 1.89. The van der Waals surface area contributed by atoms with E-state index in [1.165, 1.54) is 0 Å². The number of aromatic nitrogens is 1. The van der Waals surface area contributed by atoms with E-state index in [4.69, 9.17) is 9.52 Å². The van der Waals surface area contributed by atoms with Crippen molar-refractivity contribution in [3.8, 4) is 0 Å². The predicted molar refractivity (Wildman–Crippen MR) is 53.9 cm³/mol. The van der Waals surface area contributed by atoms with E-state index in [0.29, 0.717) is 0 Å². The molecular weight excluding hydrogens is 178 g/mol. The molecule has 3 nitrogen and oxygen atoms in total. The lowest BCUT2D eigenvalue weighted by atomic mass is 10.2. The van der Waals surface area contributed by atoms with Gasteiger partial charge in [-0.15, -0.1) is 0 Å². The Morgan fingerprint density at radius 2 is 2.29 bits per heavy atom. The molecule has 0 bridgehead atoms. The minimum Gasteiger partial charge on any atom is -0.441 e. The van der Waals surface area contributed by atoms with Gasteiger partial charge in [0, 0.05) is 6.42 Å². The van der Waals surface area contributed by atoms with Gasteiger partial charge in [-0.25, -0.2) is 4.98 Å². The standard InChI is InChI=1S/C11H13NO2/c1-2-3-11-12-9-6-8(7-13)4-5-10(9)14-11/h4-6,13H,2-3,7H2,1H3. The van der Waals surface area contributed by atoms with E-state index in [2.05, 4.69) is 11.9 Å². The molecule has 0 spiro atoms. The molecule has 3 heteroatoms. The Morgan fingerprint density at radius 1 is 1.43 bits per heavy atom.